The molecule has 0 spiro atoms. The number of halogens is 1. The van der Waals surface area contributed by atoms with E-state index in [9.17, 15) is 4.39 Å². The summed E-state index contributed by atoms with van der Waals surface area (Å²) in [7, 11) is 1.90. The smallest absolute Gasteiger partial charge is 0.126 e. The van der Waals surface area contributed by atoms with Crippen LogP contribution in [0.15, 0.2) is 36.5 Å². The van der Waals surface area contributed by atoms with E-state index in [0.29, 0.717) is 5.56 Å². The Morgan fingerprint density at radius 1 is 1.22 bits per heavy atom. The summed E-state index contributed by atoms with van der Waals surface area (Å²) in [6.45, 7) is 3.76. The first-order valence-corrected chi connectivity index (χ1v) is 5.98. The lowest BCUT2D eigenvalue weighted by molar-refractivity contribution is 0.613. The van der Waals surface area contributed by atoms with Crippen LogP contribution in [-0.4, -0.2) is 12.0 Å². The molecule has 0 amide bonds. The summed E-state index contributed by atoms with van der Waals surface area (Å²) in [4.78, 5) is 4.30. The Hall–Kier alpha value is -1.74. The van der Waals surface area contributed by atoms with Crippen molar-refractivity contribution in [2.75, 3.05) is 7.05 Å². The van der Waals surface area contributed by atoms with E-state index in [4.69, 9.17) is 0 Å². The molecule has 1 atom stereocenters. The number of aryl methyl sites for hydroxylation is 2. The highest BCUT2D eigenvalue weighted by Gasteiger charge is 2.15. The van der Waals surface area contributed by atoms with Crippen LogP contribution in [-0.2, 0) is 0 Å². The second-order valence-corrected chi connectivity index (χ2v) is 4.41. The van der Waals surface area contributed by atoms with Crippen molar-refractivity contribution < 1.29 is 4.39 Å². The summed E-state index contributed by atoms with van der Waals surface area (Å²) in [6, 6.07) is 9.21. The van der Waals surface area contributed by atoms with Gasteiger partial charge in [-0.25, -0.2) is 4.39 Å². The maximum absolute atomic E-state index is 13.3. The molecule has 1 aromatic heterocycles. The Labute approximate surface area is 107 Å². The first-order valence-electron chi connectivity index (χ1n) is 5.98. The molecule has 1 N–H and O–H groups in total. The van der Waals surface area contributed by atoms with Crippen molar-refractivity contribution >= 4 is 0 Å². The predicted molar refractivity (Wildman–Crippen MR) is 71.0 cm³/mol. The highest BCUT2D eigenvalue weighted by molar-refractivity contribution is 5.35. The van der Waals surface area contributed by atoms with E-state index in [2.05, 4.69) is 10.3 Å². The van der Waals surface area contributed by atoms with Crippen LogP contribution in [0.4, 0.5) is 4.39 Å². The predicted octanol–water partition coefficient (Wildman–Crippen LogP) is 3.15. The Balaban J connectivity index is 2.45. The Bertz CT molecular complexity index is 552. The highest BCUT2D eigenvalue weighted by atomic mass is 19.1. The van der Waals surface area contributed by atoms with Gasteiger partial charge in [0.1, 0.15) is 5.82 Å². The summed E-state index contributed by atoms with van der Waals surface area (Å²) < 4.78 is 13.3. The van der Waals surface area contributed by atoms with E-state index < -0.39 is 0 Å². The van der Waals surface area contributed by atoms with Crippen molar-refractivity contribution in [3.63, 3.8) is 0 Å². The molecule has 2 rings (SSSR count). The van der Waals surface area contributed by atoms with Gasteiger partial charge in [-0.1, -0.05) is 18.2 Å². The molecule has 1 unspecified atom stereocenters. The largest absolute Gasteiger partial charge is 0.309 e. The molecular formula is C15H17FN2. The molecule has 0 bridgehead atoms. The average Bonchev–Trinajstić information content (AvgIpc) is 2.37. The minimum absolute atomic E-state index is 0.0398. The number of pyridine rings is 1. The van der Waals surface area contributed by atoms with Gasteiger partial charge in [0.05, 0.1) is 6.04 Å². The van der Waals surface area contributed by atoms with Gasteiger partial charge in [0.25, 0.3) is 0 Å². The second kappa shape index (κ2) is 5.27. The van der Waals surface area contributed by atoms with Crippen LogP contribution in [0, 0.1) is 19.7 Å². The van der Waals surface area contributed by atoms with Crippen molar-refractivity contribution in [2.45, 2.75) is 19.9 Å². The van der Waals surface area contributed by atoms with E-state index in [-0.39, 0.29) is 11.9 Å². The minimum atomic E-state index is -0.170. The number of aromatic nitrogens is 1. The molecule has 3 heteroatoms. The summed E-state index contributed by atoms with van der Waals surface area (Å²) in [5.41, 5.74) is 3.81. The van der Waals surface area contributed by atoms with Crippen molar-refractivity contribution in [1.29, 1.82) is 0 Å². The number of benzene rings is 1. The zero-order valence-electron chi connectivity index (χ0n) is 10.9. The van der Waals surface area contributed by atoms with Crippen LogP contribution in [0.5, 0.6) is 0 Å². The molecule has 0 radical (unpaired) electrons. The molecule has 0 aliphatic heterocycles. The van der Waals surface area contributed by atoms with Gasteiger partial charge in [-0.3, -0.25) is 4.98 Å². The number of nitrogens with zero attached hydrogens (tertiary/aromatic N) is 1. The van der Waals surface area contributed by atoms with Crippen LogP contribution in [0.1, 0.15) is 28.4 Å². The second-order valence-electron chi connectivity index (χ2n) is 4.41. The summed E-state index contributed by atoms with van der Waals surface area (Å²) in [5.74, 6) is -0.170. The van der Waals surface area contributed by atoms with Crippen LogP contribution in [0.3, 0.4) is 0 Å². The van der Waals surface area contributed by atoms with Gasteiger partial charge in [-0.05, 0) is 49.7 Å². The molecule has 1 heterocycles. The third-order valence-corrected chi connectivity index (χ3v) is 3.16. The fourth-order valence-corrected chi connectivity index (χ4v) is 2.15. The lowest BCUT2D eigenvalue weighted by Gasteiger charge is -2.19. The van der Waals surface area contributed by atoms with Gasteiger partial charge in [0.15, 0.2) is 0 Å². The van der Waals surface area contributed by atoms with Gasteiger partial charge in [-0.15, -0.1) is 0 Å². The fraction of sp³-hybridized carbons (Fsp3) is 0.267. The highest BCUT2D eigenvalue weighted by Crippen LogP contribution is 2.24. The number of hydrogen-bond donors (Lipinski definition) is 1. The molecule has 0 saturated heterocycles. The molecule has 2 aromatic rings. The first kappa shape index (κ1) is 12.7. The molecule has 0 aliphatic carbocycles. The molecule has 0 saturated carbocycles. The van der Waals surface area contributed by atoms with E-state index in [1.54, 1.807) is 13.1 Å². The lowest BCUT2D eigenvalue weighted by atomic mass is 9.96. The van der Waals surface area contributed by atoms with Crippen molar-refractivity contribution in [3.05, 3.63) is 64.7 Å². The molecular weight excluding hydrogens is 227 g/mol. The van der Waals surface area contributed by atoms with E-state index >= 15 is 0 Å². The Morgan fingerprint density at radius 2 is 2.00 bits per heavy atom. The average molecular weight is 244 g/mol. The van der Waals surface area contributed by atoms with E-state index in [1.165, 1.54) is 6.07 Å². The SMILES string of the molecule is CNC(c1ccc(F)c(C)c1)c1cccnc1C. The molecule has 94 valence electrons. The molecule has 1 aromatic carbocycles. The zero-order valence-corrected chi connectivity index (χ0v) is 10.9. The van der Waals surface area contributed by atoms with Gasteiger partial charge >= 0.3 is 0 Å². The van der Waals surface area contributed by atoms with Crippen LogP contribution >= 0.6 is 0 Å². The van der Waals surface area contributed by atoms with Crippen molar-refractivity contribution in [1.82, 2.24) is 10.3 Å². The number of nitrogens with one attached hydrogen (secondary N) is 1. The first-order chi connectivity index (χ1) is 8.63. The van der Waals surface area contributed by atoms with Gasteiger partial charge in [0, 0.05) is 11.9 Å². The lowest BCUT2D eigenvalue weighted by Crippen LogP contribution is -2.19. The van der Waals surface area contributed by atoms with Gasteiger partial charge in [-0.2, -0.15) is 0 Å². The van der Waals surface area contributed by atoms with Crippen LogP contribution in [0.25, 0.3) is 0 Å². The molecule has 2 nitrogen and oxygen atoms in total. The number of hydrogen-bond acceptors (Lipinski definition) is 2. The summed E-state index contributed by atoms with van der Waals surface area (Å²) in [6.07, 6.45) is 1.78. The van der Waals surface area contributed by atoms with Gasteiger partial charge < -0.3 is 5.32 Å². The third kappa shape index (κ3) is 2.41. The molecule has 0 fully saturated rings. The summed E-state index contributed by atoms with van der Waals surface area (Å²) in [5, 5.41) is 3.26. The number of rotatable bonds is 3. The monoisotopic (exact) mass is 244 g/mol. The quantitative estimate of drug-likeness (QED) is 0.897. The third-order valence-electron chi connectivity index (χ3n) is 3.16. The minimum Gasteiger partial charge on any atom is -0.309 e. The van der Waals surface area contributed by atoms with E-state index in [0.717, 1.165) is 16.8 Å². The standard InChI is InChI=1S/C15H17FN2/c1-10-9-12(6-7-14(10)16)15(17-3)13-5-4-8-18-11(13)2/h4-9,15,17H,1-3H3. The van der Waals surface area contributed by atoms with Gasteiger partial charge in [0.2, 0.25) is 0 Å². The summed E-state index contributed by atoms with van der Waals surface area (Å²) >= 11 is 0. The topological polar surface area (TPSA) is 24.9 Å². The zero-order chi connectivity index (χ0) is 13.1. The fourth-order valence-electron chi connectivity index (χ4n) is 2.15. The molecule has 0 aliphatic rings. The van der Waals surface area contributed by atoms with Crippen LogP contribution in [0.2, 0.25) is 0 Å². The maximum Gasteiger partial charge on any atom is 0.126 e. The molecule has 18 heavy (non-hydrogen) atoms. The maximum atomic E-state index is 13.3. The van der Waals surface area contributed by atoms with Crippen LogP contribution < -0.4 is 5.32 Å². The van der Waals surface area contributed by atoms with Crippen molar-refractivity contribution in [3.8, 4) is 0 Å². The van der Waals surface area contributed by atoms with E-state index in [1.807, 2.05) is 38.2 Å². The Kier molecular flexibility index (Phi) is 3.72. The van der Waals surface area contributed by atoms with Crippen molar-refractivity contribution in [2.24, 2.45) is 0 Å². The Morgan fingerprint density at radius 3 is 2.61 bits per heavy atom. The normalized spacial score (nSPS) is 12.4.